The highest BCUT2D eigenvalue weighted by Gasteiger charge is 2.35. The van der Waals surface area contributed by atoms with Crippen LogP contribution in [0.5, 0.6) is 11.5 Å². The van der Waals surface area contributed by atoms with Crippen molar-refractivity contribution in [1.82, 2.24) is 14.8 Å². The molecule has 2 aliphatic heterocycles. The summed E-state index contributed by atoms with van der Waals surface area (Å²) in [6.45, 7) is 2.15. The fourth-order valence-corrected chi connectivity index (χ4v) is 6.38. The first kappa shape index (κ1) is 22.2. The van der Waals surface area contributed by atoms with Gasteiger partial charge in [0.05, 0.1) is 43.1 Å². The first-order valence-electron chi connectivity index (χ1n) is 11.8. The van der Waals surface area contributed by atoms with Gasteiger partial charge in [0, 0.05) is 12.1 Å². The van der Waals surface area contributed by atoms with Gasteiger partial charge in [-0.2, -0.15) is 0 Å². The molecule has 0 saturated carbocycles. The topological polar surface area (TPSA) is 54.9 Å². The number of fused-ring (bicyclic) bond motifs is 1. The maximum Gasteiger partial charge on any atom is 0.237 e. The minimum absolute atomic E-state index is 0.0215. The van der Waals surface area contributed by atoms with Gasteiger partial charge in [-0.1, -0.05) is 18.6 Å². The van der Waals surface area contributed by atoms with E-state index in [0.717, 1.165) is 66.4 Å². The second-order valence-electron chi connectivity index (χ2n) is 8.85. The van der Waals surface area contributed by atoms with Crippen molar-refractivity contribution in [2.45, 2.75) is 44.2 Å². The molecule has 2 saturated heterocycles. The Hall–Kier alpha value is -2.64. The standard InChI is InChI=1S/C26H31N3O3S/c1-31-18-12-13-23(32-2)19(16-18)21-10-7-15-29(21)25(30)17-28-14-6-5-9-22(28)26-27-20-8-3-4-11-24(20)33-26/h3-4,8,11-13,16,21-22H,5-7,9-10,14-15,17H2,1-2H3/t21-,22-/m1/s1. The number of piperidine rings is 1. The number of rotatable bonds is 6. The van der Waals surface area contributed by atoms with Crippen LogP contribution in [0, 0.1) is 0 Å². The molecule has 6 nitrogen and oxygen atoms in total. The first-order chi connectivity index (χ1) is 16.2. The van der Waals surface area contributed by atoms with E-state index in [0.29, 0.717) is 6.54 Å². The smallest absolute Gasteiger partial charge is 0.237 e. The van der Waals surface area contributed by atoms with Gasteiger partial charge in [0.2, 0.25) is 5.91 Å². The number of carbonyl (C=O) groups excluding carboxylic acids is 1. The van der Waals surface area contributed by atoms with E-state index in [2.05, 4.69) is 23.1 Å². The third-order valence-corrected chi connectivity index (χ3v) is 8.05. The largest absolute Gasteiger partial charge is 0.497 e. The Kier molecular flexibility index (Phi) is 6.51. The van der Waals surface area contributed by atoms with Gasteiger partial charge in [-0.3, -0.25) is 9.69 Å². The molecular weight excluding hydrogens is 434 g/mol. The fraction of sp³-hybridized carbons (Fsp3) is 0.462. The van der Waals surface area contributed by atoms with Crippen LogP contribution in [0.1, 0.15) is 54.8 Å². The summed E-state index contributed by atoms with van der Waals surface area (Å²) < 4.78 is 12.3. The summed E-state index contributed by atoms with van der Waals surface area (Å²) in [4.78, 5) is 22.9. The number of aromatic nitrogens is 1. The molecule has 1 aromatic heterocycles. The zero-order chi connectivity index (χ0) is 22.8. The Morgan fingerprint density at radius 2 is 1.88 bits per heavy atom. The number of hydrogen-bond acceptors (Lipinski definition) is 6. The molecule has 0 radical (unpaired) electrons. The summed E-state index contributed by atoms with van der Waals surface area (Å²) >= 11 is 1.77. The lowest BCUT2D eigenvalue weighted by atomic mass is 10.0. The summed E-state index contributed by atoms with van der Waals surface area (Å²) in [5.41, 5.74) is 2.09. The molecule has 174 valence electrons. The Labute approximate surface area is 199 Å². The van der Waals surface area contributed by atoms with Crippen LogP contribution in [0.25, 0.3) is 10.2 Å². The summed E-state index contributed by atoms with van der Waals surface area (Å²) in [5.74, 6) is 1.79. The van der Waals surface area contributed by atoms with E-state index in [1.165, 1.54) is 11.1 Å². The van der Waals surface area contributed by atoms with Gasteiger partial charge in [-0.15, -0.1) is 11.3 Å². The van der Waals surface area contributed by atoms with Crippen molar-refractivity contribution in [1.29, 1.82) is 0 Å². The number of hydrogen-bond donors (Lipinski definition) is 0. The van der Waals surface area contributed by atoms with E-state index < -0.39 is 0 Å². The minimum Gasteiger partial charge on any atom is -0.497 e. The van der Waals surface area contributed by atoms with E-state index in [4.69, 9.17) is 14.5 Å². The van der Waals surface area contributed by atoms with Gasteiger partial charge in [0.25, 0.3) is 0 Å². The molecule has 0 N–H and O–H groups in total. The van der Waals surface area contributed by atoms with Crippen molar-refractivity contribution in [3.63, 3.8) is 0 Å². The number of amides is 1. The minimum atomic E-state index is 0.0215. The molecule has 0 unspecified atom stereocenters. The second kappa shape index (κ2) is 9.69. The van der Waals surface area contributed by atoms with Gasteiger partial charge in [-0.05, 0) is 62.6 Å². The summed E-state index contributed by atoms with van der Waals surface area (Å²) in [6, 6.07) is 14.4. The van der Waals surface area contributed by atoms with Crippen molar-refractivity contribution in [2.75, 3.05) is 33.9 Å². The highest BCUT2D eigenvalue weighted by Crippen LogP contribution is 2.40. The maximum atomic E-state index is 13.6. The van der Waals surface area contributed by atoms with Gasteiger partial charge in [0.15, 0.2) is 0 Å². The van der Waals surface area contributed by atoms with Crippen molar-refractivity contribution in [2.24, 2.45) is 0 Å². The van der Waals surface area contributed by atoms with Gasteiger partial charge in [0.1, 0.15) is 16.5 Å². The predicted octanol–water partition coefficient (Wildman–Crippen LogP) is 5.20. The van der Waals surface area contributed by atoms with Crippen LogP contribution in [0.4, 0.5) is 0 Å². The van der Waals surface area contributed by atoms with Crippen LogP contribution in [0.3, 0.4) is 0 Å². The number of carbonyl (C=O) groups is 1. The number of ether oxygens (including phenoxy) is 2. The zero-order valence-corrected chi connectivity index (χ0v) is 20.1. The van der Waals surface area contributed by atoms with Crippen LogP contribution in [-0.4, -0.2) is 54.5 Å². The number of thiazole rings is 1. The van der Waals surface area contributed by atoms with E-state index in [-0.39, 0.29) is 18.0 Å². The summed E-state index contributed by atoms with van der Waals surface area (Å²) in [7, 11) is 3.35. The lowest BCUT2D eigenvalue weighted by molar-refractivity contribution is -0.134. The number of benzene rings is 2. The quantitative estimate of drug-likeness (QED) is 0.501. The Morgan fingerprint density at radius 3 is 2.70 bits per heavy atom. The SMILES string of the molecule is COc1ccc(OC)c([C@H]2CCCN2C(=O)CN2CCCC[C@@H]2c2nc3ccccc3s2)c1. The van der Waals surface area contributed by atoms with Crippen LogP contribution in [0.2, 0.25) is 0 Å². The van der Waals surface area contributed by atoms with Gasteiger partial charge < -0.3 is 14.4 Å². The van der Waals surface area contributed by atoms with E-state index in [1.54, 1.807) is 25.6 Å². The Morgan fingerprint density at radius 1 is 1.03 bits per heavy atom. The highest BCUT2D eigenvalue weighted by atomic mass is 32.1. The first-order valence-corrected chi connectivity index (χ1v) is 12.6. The Balaban J connectivity index is 1.36. The number of para-hydroxylation sites is 1. The van der Waals surface area contributed by atoms with Crippen LogP contribution < -0.4 is 9.47 Å². The van der Waals surface area contributed by atoms with Crippen molar-refractivity contribution < 1.29 is 14.3 Å². The van der Waals surface area contributed by atoms with Crippen LogP contribution in [-0.2, 0) is 4.79 Å². The summed E-state index contributed by atoms with van der Waals surface area (Å²) in [6.07, 6.45) is 5.30. The number of nitrogens with zero attached hydrogens (tertiary/aromatic N) is 3. The van der Waals surface area contributed by atoms with Gasteiger partial charge >= 0.3 is 0 Å². The average Bonchev–Trinajstić information content (AvgIpc) is 3.51. The molecule has 2 aliphatic rings. The molecule has 2 aromatic carbocycles. The lowest BCUT2D eigenvalue weighted by Gasteiger charge is -2.36. The molecule has 0 spiro atoms. The molecule has 0 bridgehead atoms. The Bertz CT molecular complexity index is 1100. The number of methoxy groups -OCH3 is 2. The average molecular weight is 466 g/mol. The van der Waals surface area contributed by atoms with E-state index >= 15 is 0 Å². The summed E-state index contributed by atoms with van der Waals surface area (Å²) in [5, 5.41) is 1.14. The van der Waals surface area contributed by atoms with Gasteiger partial charge in [-0.25, -0.2) is 4.98 Å². The van der Waals surface area contributed by atoms with Crippen molar-refractivity contribution in [3.8, 4) is 11.5 Å². The normalized spacial score (nSPS) is 21.5. The van der Waals surface area contributed by atoms with Crippen LogP contribution in [0.15, 0.2) is 42.5 Å². The molecule has 2 atom stereocenters. The molecule has 7 heteroatoms. The van der Waals surface area contributed by atoms with Crippen molar-refractivity contribution >= 4 is 27.5 Å². The third kappa shape index (κ3) is 4.44. The maximum absolute atomic E-state index is 13.6. The molecular formula is C26H31N3O3S. The zero-order valence-electron chi connectivity index (χ0n) is 19.3. The molecule has 5 rings (SSSR count). The fourth-order valence-electron chi connectivity index (χ4n) is 5.25. The molecule has 3 aromatic rings. The highest BCUT2D eigenvalue weighted by molar-refractivity contribution is 7.18. The second-order valence-corrected chi connectivity index (χ2v) is 9.92. The number of likely N-dealkylation sites (tertiary alicyclic amines) is 2. The van der Waals surface area contributed by atoms with E-state index in [1.807, 2.05) is 29.2 Å². The molecule has 0 aliphatic carbocycles. The van der Waals surface area contributed by atoms with E-state index in [9.17, 15) is 4.79 Å². The molecule has 33 heavy (non-hydrogen) atoms. The monoisotopic (exact) mass is 465 g/mol. The molecule has 3 heterocycles. The van der Waals surface area contributed by atoms with Crippen LogP contribution >= 0.6 is 11.3 Å². The third-order valence-electron chi connectivity index (χ3n) is 6.92. The molecule has 1 amide bonds. The molecule has 2 fully saturated rings. The predicted molar refractivity (Wildman–Crippen MR) is 131 cm³/mol. The van der Waals surface area contributed by atoms with Crippen molar-refractivity contribution in [3.05, 3.63) is 53.0 Å². The lowest BCUT2D eigenvalue weighted by Crippen LogP contribution is -2.43.